The average molecular weight is 404 g/mol. The second kappa shape index (κ2) is 8.48. The molecular formula is C21H24O8. The van der Waals surface area contributed by atoms with Gasteiger partial charge in [-0.1, -0.05) is 6.07 Å². The van der Waals surface area contributed by atoms with Crippen LogP contribution < -0.4 is 23.7 Å². The fraction of sp³-hybridized carbons (Fsp3) is 0.381. The van der Waals surface area contributed by atoms with E-state index in [-0.39, 0.29) is 19.8 Å². The Balaban J connectivity index is 2.16. The summed E-state index contributed by atoms with van der Waals surface area (Å²) in [6.07, 6.45) is -0.320. The number of rotatable bonds is 8. The van der Waals surface area contributed by atoms with Crippen LogP contribution in [-0.4, -0.2) is 45.8 Å². The van der Waals surface area contributed by atoms with Gasteiger partial charge < -0.3 is 33.5 Å². The zero-order valence-corrected chi connectivity index (χ0v) is 16.8. The van der Waals surface area contributed by atoms with Gasteiger partial charge >= 0.3 is 5.97 Å². The van der Waals surface area contributed by atoms with Gasteiger partial charge in [0.05, 0.1) is 34.4 Å². The standard InChI is InChI=1S/C21H24O8/c1-5-27-19(22)11-21(23,13-6-7-15-16(8-13)29-12-28-15)14-9-17(24-2)20(26-4)18(10-14)25-3/h6-10,23H,5,11-12H2,1-4H3. The number of carbonyl (C=O) groups excluding carboxylic acids is 1. The van der Waals surface area contributed by atoms with Gasteiger partial charge in [-0.05, 0) is 42.3 Å². The van der Waals surface area contributed by atoms with E-state index in [4.69, 9.17) is 28.4 Å². The summed E-state index contributed by atoms with van der Waals surface area (Å²) in [5.41, 5.74) is -0.928. The second-order valence-corrected chi connectivity index (χ2v) is 6.32. The Morgan fingerprint density at radius 1 is 1.00 bits per heavy atom. The third-order valence-corrected chi connectivity index (χ3v) is 4.70. The zero-order valence-electron chi connectivity index (χ0n) is 16.8. The van der Waals surface area contributed by atoms with Gasteiger partial charge in [-0.25, -0.2) is 0 Å². The molecular weight excluding hydrogens is 380 g/mol. The molecule has 0 aliphatic carbocycles. The van der Waals surface area contributed by atoms with Crippen LogP contribution in [-0.2, 0) is 15.1 Å². The van der Waals surface area contributed by atoms with Crippen molar-refractivity contribution < 1.29 is 38.3 Å². The third-order valence-electron chi connectivity index (χ3n) is 4.70. The topological polar surface area (TPSA) is 92.7 Å². The maximum absolute atomic E-state index is 12.3. The summed E-state index contributed by atoms with van der Waals surface area (Å²) in [5.74, 6) is 1.58. The van der Waals surface area contributed by atoms with Crippen LogP contribution >= 0.6 is 0 Å². The van der Waals surface area contributed by atoms with Crippen molar-refractivity contribution >= 4 is 5.97 Å². The highest BCUT2D eigenvalue weighted by Crippen LogP contribution is 2.45. The van der Waals surface area contributed by atoms with Crippen molar-refractivity contribution in [1.29, 1.82) is 0 Å². The fourth-order valence-corrected chi connectivity index (χ4v) is 3.27. The van der Waals surface area contributed by atoms with Crippen molar-refractivity contribution in [3.63, 3.8) is 0 Å². The first-order chi connectivity index (χ1) is 14.0. The predicted octanol–water partition coefficient (Wildman–Crippen LogP) is 2.63. The van der Waals surface area contributed by atoms with Crippen molar-refractivity contribution in [2.45, 2.75) is 18.9 Å². The summed E-state index contributed by atoms with van der Waals surface area (Å²) in [5, 5.41) is 11.7. The molecule has 3 rings (SSSR count). The van der Waals surface area contributed by atoms with E-state index >= 15 is 0 Å². The molecule has 1 unspecified atom stereocenters. The molecule has 2 aromatic carbocycles. The number of esters is 1. The Hall–Kier alpha value is -3.13. The molecule has 1 aliphatic heterocycles. The molecule has 1 heterocycles. The lowest BCUT2D eigenvalue weighted by Gasteiger charge is -2.30. The monoisotopic (exact) mass is 404 g/mol. The normalized spacial score (nSPS) is 14.1. The van der Waals surface area contributed by atoms with E-state index in [2.05, 4.69) is 0 Å². The van der Waals surface area contributed by atoms with Gasteiger partial charge in [-0.15, -0.1) is 0 Å². The molecule has 8 heteroatoms. The molecule has 0 aromatic heterocycles. The number of aliphatic hydroxyl groups is 1. The fourth-order valence-electron chi connectivity index (χ4n) is 3.27. The van der Waals surface area contributed by atoms with E-state index in [0.717, 1.165) is 0 Å². The number of hydrogen-bond acceptors (Lipinski definition) is 8. The van der Waals surface area contributed by atoms with E-state index in [1.54, 1.807) is 37.3 Å². The molecule has 0 radical (unpaired) electrons. The average Bonchev–Trinajstić information content (AvgIpc) is 3.20. The first-order valence-corrected chi connectivity index (χ1v) is 9.05. The van der Waals surface area contributed by atoms with Gasteiger partial charge in [-0.2, -0.15) is 0 Å². The quantitative estimate of drug-likeness (QED) is 0.672. The first kappa shape index (κ1) is 20.6. The van der Waals surface area contributed by atoms with Crippen molar-refractivity contribution in [3.05, 3.63) is 41.5 Å². The lowest BCUT2D eigenvalue weighted by atomic mass is 9.83. The van der Waals surface area contributed by atoms with Crippen molar-refractivity contribution in [3.8, 4) is 28.7 Å². The molecule has 156 valence electrons. The van der Waals surface area contributed by atoms with Crippen LogP contribution in [0, 0.1) is 0 Å². The van der Waals surface area contributed by atoms with Gasteiger partial charge in [0, 0.05) is 0 Å². The molecule has 1 aliphatic rings. The summed E-state index contributed by atoms with van der Waals surface area (Å²) < 4.78 is 32.0. The van der Waals surface area contributed by atoms with Crippen LogP contribution in [0.15, 0.2) is 30.3 Å². The molecule has 0 amide bonds. The van der Waals surface area contributed by atoms with E-state index in [9.17, 15) is 9.90 Å². The van der Waals surface area contributed by atoms with Gasteiger partial charge in [0.15, 0.2) is 23.0 Å². The number of fused-ring (bicyclic) bond motifs is 1. The summed E-state index contributed by atoms with van der Waals surface area (Å²) in [7, 11) is 4.45. The van der Waals surface area contributed by atoms with E-state index < -0.39 is 11.6 Å². The predicted molar refractivity (Wildman–Crippen MR) is 103 cm³/mol. The van der Waals surface area contributed by atoms with Crippen molar-refractivity contribution in [2.24, 2.45) is 0 Å². The molecule has 0 bridgehead atoms. The van der Waals surface area contributed by atoms with Crippen LogP contribution in [0.3, 0.4) is 0 Å². The van der Waals surface area contributed by atoms with Crippen molar-refractivity contribution in [1.82, 2.24) is 0 Å². The highest BCUT2D eigenvalue weighted by atomic mass is 16.7. The number of ether oxygens (including phenoxy) is 6. The molecule has 2 aromatic rings. The Morgan fingerprint density at radius 2 is 1.66 bits per heavy atom. The molecule has 1 atom stereocenters. The minimum Gasteiger partial charge on any atom is -0.493 e. The highest BCUT2D eigenvalue weighted by molar-refractivity contribution is 5.73. The lowest BCUT2D eigenvalue weighted by Crippen LogP contribution is -2.31. The summed E-state index contributed by atoms with van der Waals surface area (Å²) in [6, 6.07) is 8.21. The van der Waals surface area contributed by atoms with Crippen LogP contribution in [0.1, 0.15) is 24.5 Å². The van der Waals surface area contributed by atoms with E-state index in [1.807, 2.05) is 0 Å². The SMILES string of the molecule is CCOC(=O)CC(O)(c1ccc2c(c1)OCO2)c1cc(OC)c(OC)c(OC)c1. The van der Waals surface area contributed by atoms with E-state index in [1.165, 1.54) is 21.3 Å². The smallest absolute Gasteiger partial charge is 0.309 e. The van der Waals surface area contributed by atoms with Gasteiger partial charge in [0.25, 0.3) is 0 Å². The largest absolute Gasteiger partial charge is 0.493 e. The lowest BCUT2D eigenvalue weighted by molar-refractivity contribution is -0.147. The van der Waals surface area contributed by atoms with Crippen LogP contribution in [0.5, 0.6) is 28.7 Å². The number of methoxy groups -OCH3 is 3. The molecule has 0 fully saturated rings. The first-order valence-electron chi connectivity index (χ1n) is 9.05. The molecule has 0 spiro atoms. The van der Waals surface area contributed by atoms with E-state index in [0.29, 0.717) is 39.9 Å². The minimum atomic E-state index is -1.74. The summed E-state index contributed by atoms with van der Waals surface area (Å²) in [4.78, 5) is 12.3. The van der Waals surface area contributed by atoms with Crippen molar-refractivity contribution in [2.75, 3.05) is 34.7 Å². The highest BCUT2D eigenvalue weighted by Gasteiger charge is 2.38. The molecule has 0 saturated heterocycles. The Morgan fingerprint density at radius 3 is 2.24 bits per heavy atom. The number of hydrogen-bond donors (Lipinski definition) is 1. The Labute approximate surface area is 168 Å². The van der Waals surface area contributed by atoms with Crippen LogP contribution in [0.2, 0.25) is 0 Å². The minimum absolute atomic E-state index is 0.0965. The number of carbonyl (C=O) groups is 1. The molecule has 8 nitrogen and oxygen atoms in total. The number of benzene rings is 2. The summed E-state index contributed by atoms with van der Waals surface area (Å²) in [6.45, 7) is 2.00. The molecule has 0 saturated carbocycles. The second-order valence-electron chi connectivity index (χ2n) is 6.32. The Kier molecular flexibility index (Phi) is 6.03. The van der Waals surface area contributed by atoms with Crippen LogP contribution in [0.25, 0.3) is 0 Å². The third kappa shape index (κ3) is 3.88. The van der Waals surface area contributed by atoms with Crippen LogP contribution in [0.4, 0.5) is 0 Å². The molecule has 1 N–H and O–H groups in total. The zero-order chi connectivity index (χ0) is 21.0. The van der Waals surface area contributed by atoms with Gasteiger partial charge in [-0.3, -0.25) is 4.79 Å². The molecule has 29 heavy (non-hydrogen) atoms. The van der Waals surface area contributed by atoms with Gasteiger partial charge in [0.2, 0.25) is 12.5 Å². The maximum atomic E-state index is 12.3. The maximum Gasteiger partial charge on any atom is 0.309 e. The Bertz CT molecular complexity index is 869. The van der Waals surface area contributed by atoms with Gasteiger partial charge in [0.1, 0.15) is 5.60 Å². The summed E-state index contributed by atoms with van der Waals surface area (Å²) >= 11 is 0.